The third kappa shape index (κ3) is 4.56. The van der Waals surface area contributed by atoms with Crippen molar-refractivity contribution in [2.75, 3.05) is 6.61 Å². The number of carbonyl (C=O) groups excluding carboxylic acids is 1. The van der Waals surface area contributed by atoms with E-state index in [9.17, 15) is 13.2 Å². The third-order valence-electron chi connectivity index (χ3n) is 3.87. The molecule has 0 aliphatic carbocycles. The largest absolute Gasteiger partial charge is 0.484 e. The van der Waals surface area contributed by atoms with Crippen LogP contribution in [0.3, 0.4) is 0 Å². The molecule has 1 heterocycles. The lowest BCUT2D eigenvalue weighted by Crippen LogP contribution is -2.19. The molecular weight excluding hydrogens is 398 g/mol. The van der Waals surface area contributed by atoms with E-state index in [-0.39, 0.29) is 11.5 Å². The highest BCUT2D eigenvalue weighted by atomic mass is 32.2. The molecule has 0 unspecified atom stereocenters. The molecule has 1 amide bonds. The predicted octanol–water partition coefficient (Wildman–Crippen LogP) is 2.35. The number of primary sulfonamides is 1. The molecule has 9 heteroatoms. The van der Waals surface area contributed by atoms with Gasteiger partial charge in [0, 0.05) is 6.54 Å². The second-order valence-corrected chi connectivity index (χ2v) is 8.64. The molecule has 0 aliphatic heterocycles. The number of benzene rings is 2. The minimum atomic E-state index is -3.82. The van der Waals surface area contributed by atoms with Crippen molar-refractivity contribution in [3.05, 3.63) is 65.5 Å². The van der Waals surface area contributed by atoms with Gasteiger partial charge in [0.1, 0.15) is 5.75 Å². The molecule has 7 nitrogen and oxygen atoms in total. The first-order valence-corrected chi connectivity index (χ1v) is 10.7. The number of nitrogens with zero attached hydrogens (tertiary/aromatic N) is 2. The molecule has 0 saturated heterocycles. The molecule has 3 rings (SSSR count). The van der Waals surface area contributed by atoms with Crippen molar-refractivity contribution in [1.29, 1.82) is 0 Å². The summed E-state index contributed by atoms with van der Waals surface area (Å²) in [5.74, 6) is 0.147. The zero-order valence-corrected chi connectivity index (χ0v) is 16.8. The van der Waals surface area contributed by atoms with Crippen LogP contribution in [0.1, 0.15) is 5.56 Å². The van der Waals surface area contributed by atoms with Gasteiger partial charge in [0.15, 0.2) is 11.4 Å². The van der Waals surface area contributed by atoms with Crippen molar-refractivity contribution in [3.8, 4) is 5.75 Å². The van der Waals surface area contributed by atoms with Gasteiger partial charge in [0.25, 0.3) is 5.91 Å². The van der Waals surface area contributed by atoms with Crippen LogP contribution in [-0.4, -0.2) is 25.5 Å². The maximum Gasteiger partial charge on any atom is 0.286 e. The number of fused-ring (bicyclic) bond motifs is 1. The van der Waals surface area contributed by atoms with Gasteiger partial charge in [-0.05, 0) is 42.8 Å². The summed E-state index contributed by atoms with van der Waals surface area (Å²) >= 11 is 1.20. The lowest BCUT2D eigenvalue weighted by molar-refractivity contribution is -0.120. The van der Waals surface area contributed by atoms with Crippen LogP contribution in [0, 0.1) is 6.92 Å². The van der Waals surface area contributed by atoms with Gasteiger partial charge < -0.3 is 9.30 Å². The van der Waals surface area contributed by atoms with Crippen molar-refractivity contribution < 1.29 is 17.9 Å². The number of rotatable bonds is 6. The van der Waals surface area contributed by atoms with E-state index < -0.39 is 15.9 Å². The Labute approximate surface area is 166 Å². The van der Waals surface area contributed by atoms with Gasteiger partial charge in [0.2, 0.25) is 10.0 Å². The molecule has 1 aromatic heterocycles. The van der Waals surface area contributed by atoms with Gasteiger partial charge in [-0.2, -0.15) is 4.99 Å². The Morgan fingerprint density at radius 2 is 2.11 bits per heavy atom. The first-order chi connectivity index (χ1) is 13.3. The maximum absolute atomic E-state index is 12.3. The fourth-order valence-electron chi connectivity index (χ4n) is 2.61. The highest BCUT2D eigenvalue weighted by molar-refractivity contribution is 7.89. The molecule has 2 N–H and O–H groups in total. The fraction of sp³-hybridized carbons (Fsp3) is 0.158. The van der Waals surface area contributed by atoms with Gasteiger partial charge in [-0.15, -0.1) is 6.58 Å². The number of nitrogens with two attached hydrogens (primary N) is 1. The minimum Gasteiger partial charge on any atom is -0.484 e. The molecule has 0 aliphatic rings. The van der Waals surface area contributed by atoms with Crippen molar-refractivity contribution in [2.45, 2.75) is 18.4 Å². The molecule has 0 saturated carbocycles. The number of hydrogen-bond acceptors (Lipinski definition) is 5. The van der Waals surface area contributed by atoms with Crippen LogP contribution < -0.4 is 14.7 Å². The van der Waals surface area contributed by atoms with Gasteiger partial charge >= 0.3 is 0 Å². The van der Waals surface area contributed by atoms with E-state index in [2.05, 4.69) is 11.6 Å². The van der Waals surface area contributed by atoms with E-state index in [0.717, 1.165) is 11.1 Å². The standard InChI is InChI=1S/C19H19N3O4S2/c1-3-9-22-16-8-7-15(28(20,24)25)11-17(16)27-19(22)21-18(23)12-26-14-6-4-5-13(2)10-14/h3-8,10-11H,1,9,12H2,2H3,(H2,20,24,25). The predicted molar refractivity (Wildman–Crippen MR) is 109 cm³/mol. The van der Waals surface area contributed by atoms with Crippen LogP contribution in [0.25, 0.3) is 10.2 Å². The number of ether oxygens (including phenoxy) is 1. The second kappa shape index (κ2) is 8.09. The molecule has 0 atom stereocenters. The maximum atomic E-state index is 12.3. The third-order valence-corrected chi connectivity index (χ3v) is 5.82. The summed E-state index contributed by atoms with van der Waals surface area (Å²) in [4.78, 5) is 16.9. The molecule has 0 radical (unpaired) electrons. The zero-order chi connectivity index (χ0) is 20.3. The first kappa shape index (κ1) is 20.0. The number of allylic oxidation sites excluding steroid dienone is 1. The summed E-state index contributed by atoms with van der Waals surface area (Å²) in [6, 6.07) is 11.9. The lowest BCUT2D eigenvalue weighted by Gasteiger charge is -2.04. The Bertz CT molecular complexity index is 1220. The Hall–Kier alpha value is -2.75. The summed E-state index contributed by atoms with van der Waals surface area (Å²) in [5, 5.41) is 5.20. The zero-order valence-electron chi connectivity index (χ0n) is 15.2. The van der Waals surface area contributed by atoms with Crippen molar-refractivity contribution in [2.24, 2.45) is 10.1 Å². The molecule has 0 spiro atoms. The van der Waals surface area contributed by atoms with Crippen molar-refractivity contribution >= 4 is 37.5 Å². The minimum absolute atomic E-state index is 0.00709. The van der Waals surface area contributed by atoms with Crippen LogP contribution in [0.2, 0.25) is 0 Å². The monoisotopic (exact) mass is 417 g/mol. The summed E-state index contributed by atoms with van der Waals surface area (Å²) in [5.41, 5.74) is 1.77. The van der Waals surface area contributed by atoms with Crippen LogP contribution in [0.4, 0.5) is 0 Å². The number of aromatic nitrogens is 1. The topological polar surface area (TPSA) is 104 Å². The Morgan fingerprint density at radius 3 is 2.79 bits per heavy atom. The molecular formula is C19H19N3O4S2. The SMILES string of the molecule is C=CCn1c(=NC(=O)COc2cccc(C)c2)sc2cc(S(N)(=O)=O)ccc21. The van der Waals surface area contributed by atoms with E-state index in [0.29, 0.717) is 21.8 Å². The summed E-state index contributed by atoms with van der Waals surface area (Å²) in [6.07, 6.45) is 1.67. The van der Waals surface area contributed by atoms with Gasteiger partial charge in [-0.25, -0.2) is 13.6 Å². The van der Waals surface area contributed by atoms with Gasteiger partial charge in [-0.1, -0.05) is 29.5 Å². The normalized spacial score (nSPS) is 12.3. The van der Waals surface area contributed by atoms with Crippen LogP contribution in [-0.2, 0) is 21.4 Å². The summed E-state index contributed by atoms with van der Waals surface area (Å²) in [6.45, 7) is 5.87. The number of carbonyl (C=O) groups is 1. The van der Waals surface area contributed by atoms with Crippen molar-refractivity contribution in [1.82, 2.24) is 4.57 Å². The van der Waals surface area contributed by atoms with Crippen molar-refractivity contribution in [3.63, 3.8) is 0 Å². The fourth-order valence-corrected chi connectivity index (χ4v) is 4.32. The van der Waals surface area contributed by atoms with E-state index in [4.69, 9.17) is 9.88 Å². The van der Waals surface area contributed by atoms with Gasteiger partial charge in [0.05, 0.1) is 15.1 Å². The average Bonchev–Trinajstić information content (AvgIpc) is 2.96. The first-order valence-electron chi connectivity index (χ1n) is 8.32. The quantitative estimate of drug-likeness (QED) is 0.622. The lowest BCUT2D eigenvalue weighted by atomic mass is 10.2. The Kier molecular flexibility index (Phi) is 5.78. The number of amides is 1. The molecule has 28 heavy (non-hydrogen) atoms. The van der Waals surface area contributed by atoms with E-state index in [1.54, 1.807) is 22.8 Å². The second-order valence-electron chi connectivity index (χ2n) is 6.07. The molecule has 0 fully saturated rings. The van der Waals surface area contributed by atoms with Crippen LogP contribution >= 0.6 is 11.3 Å². The summed E-state index contributed by atoms with van der Waals surface area (Å²) < 4.78 is 31.1. The van der Waals surface area contributed by atoms with E-state index >= 15 is 0 Å². The Morgan fingerprint density at radius 1 is 1.32 bits per heavy atom. The highest BCUT2D eigenvalue weighted by Gasteiger charge is 2.13. The molecule has 2 aromatic carbocycles. The van der Waals surface area contributed by atoms with Crippen LogP contribution in [0.15, 0.2) is 65.0 Å². The number of thiazole rings is 1. The van der Waals surface area contributed by atoms with Gasteiger partial charge in [-0.3, -0.25) is 4.79 Å². The number of hydrogen-bond donors (Lipinski definition) is 1. The number of sulfonamides is 1. The summed E-state index contributed by atoms with van der Waals surface area (Å²) in [7, 11) is -3.82. The molecule has 3 aromatic rings. The van der Waals surface area contributed by atoms with E-state index in [1.165, 1.54) is 23.5 Å². The number of aryl methyl sites for hydroxylation is 1. The molecule has 0 bridgehead atoms. The van der Waals surface area contributed by atoms with Crippen LogP contribution in [0.5, 0.6) is 5.75 Å². The van der Waals surface area contributed by atoms with E-state index in [1.807, 2.05) is 25.1 Å². The average molecular weight is 418 g/mol. The molecule has 146 valence electrons. The highest BCUT2D eigenvalue weighted by Crippen LogP contribution is 2.21. The smallest absolute Gasteiger partial charge is 0.286 e. The Balaban J connectivity index is 1.94.